The van der Waals surface area contributed by atoms with Gasteiger partial charge in [0, 0.05) is 11.3 Å². The highest BCUT2D eigenvalue weighted by Gasteiger charge is 2.20. The van der Waals surface area contributed by atoms with Crippen molar-refractivity contribution >= 4 is 34.1 Å². The molecule has 0 atom stereocenters. The number of hydrogen-bond acceptors (Lipinski definition) is 5. The van der Waals surface area contributed by atoms with Crippen LogP contribution in [0.2, 0.25) is 0 Å². The summed E-state index contributed by atoms with van der Waals surface area (Å²) in [5.74, 6) is -1.31. The van der Waals surface area contributed by atoms with Gasteiger partial charge in [-0.15, -0.1) is 11.3 Å². The van der Waals surface area contributed by atoms with Crippen molar-refractivity contribution in [2.24, 2.45) is 5.73 Å². The lowest BCUT2D eigenvalue weighted by molar-refractivity contribution is -0.144. The molecule has 116 valence electrons. The van der Waals surface area contributed by atoms with E-state index in [1.807, 2.05) is 13.8 Å². The second-order valence-corrected chi connectivity index (χ2v) is 5.64. The number of nitrogens with one attached hydrogen (secondary N) is 1. The van der Waals surface area contributed by atoms with Crippen molar-refractivity contribution in [2.45, 2.75) is 40.0 Å². The quantitative estimate of drug-likeness (QED) is 0.752. The standard InChI is InChI=1S/C14H20N2O4S/c1-4-9-8(3)21-14(12(9)13(15)19)16-10(17)6-7-11(18)20-5-2/h4-7H2,1-3H3,(H2,15,19)(H,16,17). The van der Waals surface area contributed by atoms with Gasteiger partial charge in [-0.25, -0.2) is 0 Å². The summed E-state index contributed by atoms with van der Waals surface area (Å²) in [5.41, 5.74) is 6.60. The van der Waals surface area contributed by atoms with Gasteiger partial charge in [0.05, 0.1) is 18.6 Å². The molecule has 7 heteroatoms. The van der Waals surface area contributed by atoms with Crippen LogP contribution in [0, 0.1) is 6.92 Å². The number of rotatable bonds is 7. The number of ether oxygens (including phenoxy) is 1. The van der Waals surface area contributed by atoms with E-state index in [0.717, 1.165) is 10.4 Å². The number of esters is 1. The molecule has 3 N–H and O–H groups in total. The first-order valence-electron chi connectivity index (χ1n) is 6.78. The van der Waals surface area contributed by atoms with Crippen molar-refractivity contribution in [3.63, 3.8) is 0 Å². The van der Waals surface area contributed by atoms with E-state index in [4.69, 9.17) is 10.5 Å². The number of thiophene rings is 1. The molecule has 0 saturated carbocycles. The minimum Gasteiger partial charge on any atom is -0.466 e. The molecular weight excluding hydrogens is 292 g/mol. The highest BCUT2D eigenvalue weighted by Crippen LogP contribution is 2.33. The summed E-state index contributed by atoms with van der Waals surface area (Å²) in [6.07, 6.45) is 0.686. The molecule has 0 aliphatic rings. The smallest absolute Gasteiger partial charge is 0.306 e. The Kier molecular flexibility index (Phi) is 6.36. The van der Waals surface area contributed by atoms with E-state index in [2.05, 4.69) is 5.32 Å². The Balaban J connectivity index is 2.77. The Morgan fingerprint density at radius 3 is 2.43 bits per heavy atom. The minimum absolute atomic E-state index is 0.00937. The van der Waals surface area contributed by atoms with Crippen LogP contribution in [0.4, 0.5) is 5.00 Å². The molecule has 0 aromatic carbocycles. The molecule has 0 unspecified atom stereocenters. The normalized spacial score (nSPS) is 10.2. The fraction of sp³-hybridized carbons (Fsp3) is 0.500. The summed E-state index contributed by atoms with van der Waals surface area (Å²) in [4.78, 5) is 35.5. The summed E-state index contributed by atoms with van der Waals surface area (Å²) in [5, 5.41) is 3.11. The van der Waals surface area contributed by atoms with Crippen LogP contribution in [0.1, 0.15) is 47.5 Å². The van der Waals surface area contributed by atoms with Gasteiger partial charge in [0.25, 0.3) is 5.91 Å². The maximum absolute atomic E-state index is 11.8. The Bertz CT molecular complexity index is 551. The summed E-state index contributed by atoms with van der Waals surface area (Å²) in [7, 11) is 0. The molecule has 1 aromatic heterocycles. The second-order valence-electron chi connectivity index (χ2n) is 4.41. The van der Waals surface area contributed by atoms with Crippen molar-refractivity contribution in [1.29, 1.82) is 0 Å². The van der Waals surface area contributed by atoms with Gasteiger partial charge >= 0.3 is 5.97 Å². The Hall–Kier alpha value is -1.89. The lowest BCUT2D eigenvalue weighted by atomic mass is 10.1. The molecule has 0 aliphatic carbocycles. The van der Waals surface area contributed by atoms with Crippen molar-refractivity contribution in [2.75, 3.05) is 11.9 Å². The average Bonchev–Trinajstić information content (AvgIpc) is 2.72. The fourth-order valence-corrected chi connectivity index (χ4v) is 3.16. The molecule has 1 rings (SSSR count). The summed E-state index contributed by atoms with van der Waals surface area (Å²) in [6.45, 7) is 5.80. The third-order valence-corrected chi connectivity index (χ3v) is 3.99. The van der Waals surface area contributed by atoms with Crippen LogP contribution in [0.15, 0.2) is 0 Å². The van der Waals surface area contributed by atoms with Crippen molar-refractivity contribution < 1.29 is 19.1 Å². The lowest BCUT2D eigenvalue weighted by Gasteiger charge is -2.05. The molecule has 0 spiro atoms. The van der Waals surface area contributed by atoms with E-state index >= 15 is 0 Å². The van der Waals surface area contributed by atoms with Crippen LogP contribution in [0.25, 0.3) is 0 Å². The van der Waals surface area contributed by atoms with Gasteiger partial charge in [0.15, 0.2) is 0 Å². The van der Waals surface area contributed by atoms with Gasteiger partial charge in [0.2, 0.25) is 5.91 Å². The zero-order valence-corrected chi connectivity index (χ0v) is 13.3. The van der Waals surface area contributed by atoms with E-state index in [-0.39, 0.29) is 25.4 Å². The van der Waals surface area contributed by atoms with Crippen molar-refractivity contribution in [3.8, 4) is 0 Å². The number of amides is 2. The topological polar surface area (TPSA) is 98.5 Å². The lowest BCUT2D eigenvalue weighted by Crippen LogP contribution is -2.18. The zero-order chi connectivity index (χ0) is 16.0. The Morgan fingerprint density at radius 1 is 1.24 bits per heavy atom. The highest BCUT2D eigenvalue weighted by molar-refractivity contribution is 7.16. The number of nitrogens with two attached hydrogens (primary N) is 1. The number of carbonyl (C=O) groups excluding carboxylic acids is 3. The van der Waals surface area contributed by atoms with Crippen LogP contribution >= 0.6 is 11.3 Å². The van der Waals surface area contributed by atoms with E-state index in [1.54, 1.807) is 6.92 Å². The van der Waals surface area contributed by atoms with Crippen LogP contribution in [0.5, 0.6) is 0 Å². The number of hydrogen-bond donors (Lipinski definition) is 2. The minimum atomic E-state index is -0.558. The first-order valence-corrected chi connectivity index (χ1v) is 7.59. The van der Waals surface area contributed by atoms with Gasteiger partial charge in [-0.2, -0.15) is 0 Å². The predicted octanol–water partition coefficient (Wildman–Crippen LogP) is 2.00. The molecule has 0 aliphatic heterocycles. The maximum Gasteiger partial charge on any atom is 0.306 e. The molecule has 0 fully saturated rings. The maximum atomic E-state index is 11.8. The van der Waals surface area contributed by atoms with E-state index in [0.29, 0.717) is 17.0 Å². The average molecular weight is 312 g/mol. The largest absolute Gasteiger partial charge is 0.466 e. The van der Waals surface area contributed by atoms with E-state index in [9.17, 15) is 14.4 Å². The monoisotopic (exact) mass is 312 g/mol. The first kappa shape index (κ1) is 17.2. The Morgan fingerprint density at radius 2 is 1.90 bits per heavy atom. The number of carbonyl (C=O) groups is 3. The molecule has 0 bridgehead atoms. The summed E-state index contributed by atoms with van der Waals surface area (Å²) < 4.78 is 4.75. The third kappa shape index (κ3) is 4.56. The van der Waals surface area contributed by atoms with Crippen molar-refractivity contribution in [3.05, 3.63) is 16.0 Å². The SMILES string of the molecule is CCOC(=O)CCC(=O)Nc1sc(C)c(CC)c1C(N)=O. The van der Waals surface area contributed by atoms with Gasteiger partial charge in [0.1, 0.15) is 5.00 Å². The molecular formula is C14H20N2O4S. The van der Waals surface area contributed by atoms with E-state index in [1.165, 1.54) is 11.3 Å². The number of anilines is 1. The summed E-state index contributed by atoms with van der Waals surface area (Å²) >= 11 is 1.32. The third-order valence-electron chi connectivity index (χ3n) is 2.92. The molecule has 21 heavy (non-hydrogen) atoms. The molecule has 1 aromatic rings. The molecule has 1 heterocycles. The Labute approximate surface area is 127 Å². The van der Waals surface area contributed by atoms with Crippen LogP contribution < -0.4 is 11.1 Å². The summed E-state index contributed by atoms with van der Waals surface area (Å²) in [6, 6.07) is 0. The van der Waals surface area contributed by atoms with Gasteiger partial charge < -0.3 is 15.8 Å². The first-order chi connectivity index (χ1) is 9.90. The second kappa shape index (κ2) is 7.78. The van der Waals surface area contributed by atoms with Gasteiger partial charge in [-0.3, -0.25) is 14.4 Å². The molecule has 0 saturated heterocycles. The van der Waals surface area contributed by atoms with Crippen molar-refractivity contribution in [1.82, 2.24) is 0 Å². The number of primary amides is 1. The zero-order valence-electron chi connectivity index (χ0n) is 12.4. The van der Waals surface area contributed by atoms with Crippen LogP contribution in [-0.2, 0) is 20.7 Å². The fourth-order valence-electron chi connectivity index (χ4n) is 1.99. The highest BCUT2D eigenvalue weighted by atomic mass is 32.1. The van der Waals surface area contributed by atoms with E-state index < -0.39 is 11.9 Å². The van der Waals surface area contributed by atoms with Gasteiger partial charge in [-0.1, -0.05) is 6.92 Å². The molecule has 6 nitrogen and oxygen atoms in total. The predicted molar refractivity (Wildman–Crippen MR) is 81.4 cm³/mol. The molecule has 2 amide bonds. The van der Waals surface area contributed by atoms with Crippen LogP contribution in [0.3, 0.4) is 0 Å². The number of aryl methyl sites for hydroxylation is 1. The van der Waals surface area contributed by atoms with Gasteiger partial charge in [-0.05, 0) is 25.8 Å². The molecule has 0 radical (unpaired) electrons. The van der Waals surface area contributed by atoms with Crippen LogP contribution in [-0.4, -0.2) is 24.4 Å².